The van der Waals surface area contributed by atoms with Gasteiger partial charge in [-0.15, -0.1) is 0 Å². The Hall–Kier alpha value is -2.62. The normalized spacial score (nSPS) is 13.5. The zero-order valence-corrected chi connectivity index (χ0v) is 11.1. The van der Waals surface area contributed by atoms with Gasteiger partial charge >= 0.3 is 0 Å². The van der Waals surface area contributed by atoms with E-state index in [-0.39, 0.29) is 11.6 Å². The summed E-state index contributed by atoms with van der Waals surface area (Å²) in [7, 11) is 3.09. The lowest BCUT2D eigenvalue weighted by molar-refractivity contribution is 0.0995. The van der Waals surface area contributed by atoms with Crippen molar-refractivity contribution in [2.75, 3.05) is 14.2 Å². The van der Waals surface area contributed by atoms with Crippen LogP contribution in [-0.2, 0) is 0 Å². The van der Waals surface area contributed by atoms with Crippen LogP contribution in [0.15, 0.2) is 36.4 Å². The molecule has 0 amide bonds. The summed E-state index contributed by atoms with van der Waals surface area (Å²) in [6.45, 7) is 0. The van der Waals surface area contributed by atoms with Crippen molar-refractivity contribution in [3.8, 4) is 11.5 Å². The number of benzene rings is 2. The summed E-state index contributed by atoms with van der Waals surface area (Å²) in [4.78, 5) is 24.0. The van der Waals surface area contributed by atoms with Gasteiger partial charge in [-0.25, -0.2) is 0 Å². The Labute approximate surface area is 115 Å². The first-order chi connectivity index (χ1) is 9.65. The zero-order chi connectivity index (χ0) is 14.3. The monoisotopic (exact) mass is 268 g/mol. The van der Waals surface area contributed by atoms with Crippen molar-refractivity contribution in [3.63, 3.8) is 0 Å². The largest absolute Gasteiger partial charge is 0.497 e. The average molecular weight is 268 g/mol. The van der Waals surface area contributed by atoms with Crippen LogP contribution in [0.25, 0.3) is 10.8 Å². The summed E-state index contributed by atoms with van der Waals surface area (Å²) in [5.74, 6) is 0.806. The predicted octanol–water partition coefficient (Wildman–Crippen LogP) is 2.79. The van der Waals surface area contributed by atoms with Crippen LogP contribution in [-0.4, -0.2) is 25.8 Å². The second kappa shape index (κ2) is 4.49. The molecule has 4 nitrogen and oxygen atoms in total. The molecule has 0 fully saturated rings. The second-order valence-corrected chi connectivity index (χ2v) is 4.48. The van der Waals surface area contributed by atoms with E-state index in [1.54, 1.807) is 25.3 Å². The van der Waals surface area contributed by atoms with E-state index in [0.29, 0.717) is 28.0 Å². The van der Waals surface area contributed by atoms with Gasteiger partial charge in [-0.1, -0.05) is 6.07 Å². The Morgan fingerprint density at radius 3 is 2.35 bits per heavy atom. The third-order valence-corrected chi connectivity index (χ3v) is 3.41. The maximum atomic E-state index is 12.1. The van der Waals surface area contributed by atoms with Gasteiger partial charge in [0.15, 0.2) is 11.6 Å². The molecule has 0 saturated carbocycles. The van der Waals surface area contributed by atoms with E-state index >= 15 is 0 Å². The van der Waals surface area contributed by atoms with Crippen LogP contribution >= 0.6 is 0 Å². The third kappa shape index (κ3) is 1.69. The highest BCUT2D eigenvalue weighted by atomic mass is 16.5. The van der Waals surface area contributed by atoms with Gasteiger partial charge in [0.1, 0.15) is 11.5 Å². The zero-order valence-electron chi connectivity index (χ0n) is 11.1. The fourth-order valence-corrected chi connectivity index (χ4v) is 2.47. The van der Waals surface area contributed by atoms with Crippen molar-refractivity contribution in [3.05, 3.63) is 47.5 Å². The minimum atomic E-state index is -0.186. The molecule has 0 N–H and O–H groups in total. The van der Waals surface area contributed by atoms with E-state index in [9.17, 15) is 9.59 Å². The standard InChI is InChI=1S/C16H12O4/c1-19-10-7-9-3-4-11-12(17)5-6-13(18)16(11)15(9)14(8-10)20-2/h3-8H,1-2H3. The number of carbonyl (C=O) groups excluding carboxylic acids is 2. The number of hydrogen-bond acceptors (Lipinski definition) is 4. The third-order valence-electron chi connectivity index (χ3n) is 3.41. The predicted molar refractivity (Wildman–Crippen MR) is 74.9 cm³/mol. The molecule has 0 saturated heterocycles. The van der Waals surface area contributed by atoms with Gasteiger partial charge in [0.2, 0.25) is 0 Å². The number of carbonyl (C=O) groups is 2. The molecular formula is C16H12O4. The highest BCUT2D eigenvalue weighted by Gasteiger charge is 2.23. The number of ketones is 2. The molecule has 0 radical (unpaired) electrons. The Morgan fingerprint density at radius 1 is 0.900 bits per heavy atom. The molecule has 2 aromatic rings. The first kappa shape index (κ1) is 12.4. The summed E-state index contributed by atoms with van der Waals surface area (Å²) in [6.07, 6.45) is 2.60. The van der Waals surface area contributed by atoms with Crippen molar-refractivity contribution in [2.45, 2.75) is 0 Å². The van der Waals surface area contributed by atoms with Crippen molar-refractivity contribution < 1.29 is 19.1 Å². The summed E-state index contributed by atoms with van der Waals surface area (Å²) in [5, 5.41) is 1.45. The quantitative estimate of drug-likeness (QED) is 0.840. The van der Waals surface area contributed by atoms with E-state index < -0.39 is 0 Å². The van der Waals surface area contributed by atoms with Crippen LogP contribution < -0.4 is 9.47 Å². The van der Waals surface area contributed by atoms with E-state index in [2.05, 4.69) is 0 Å². The molecule has 3 rings (SSSR count). The van der Waals surface area contributed by atoms with Crippen LogP contribution in [0, 0.1) is 0 Å². The van der Waals surface area contributed by atoms with E-state index in [1.165, 1.54) is 19.3 Å². The van der Waals surface area contributed by atoms with Crippen molar-refractivity contribution in [1.82, 2.24) is 0 Å². The van der Waals surface area contributed by atoms with Gasteiger partial charge in [-0.3, -0.25) is 9.59 Å². The SMILES string of the molecule is COc1cc(OC)c2c3c(ccc2c1)C(=O)C=CC3=O. The maximum Gasteiger partial charge on any atom is 0.187 e. The fraction of sp³-hybridized carbons (Fsp3) is 0.125. The molecular weight excluding hydrogens is 256 g/mol. The average Bonchev–Trinajstić information content (AvgIpc) is 2.49. The van der Waals surface area contributed by atoms with Crippen molar-refractivity contribution in [1.29, 1.82) is 0 Å². The number of ether oxygens (including phenoxy) is 2. The molecule has 0 aliphatic heterocycles. The molecule has 0 heterocycles. The molecule has 0 aromatic heterocycles. The van der Waals surface area contributed by atoms with Gasteiger partial charge in [-0.2, -0.15) is 0 Å². The highest BCUT2D eigenvalue weighted by Crippen LogP contribution is 2.36. The van der Waals surface area contributed by atoms with Crippen LogP contribution in [0.1, 0.15) is 20.7 Å². The van der Waals surface area contributed by atoms with Crippen LogP contribution in [0.2, 0.25) is 0 Å². The van der Waals surface area contributed by atoms with Crippen LogP contribution in [0.3, 0.4) is 0 Å². The number of fused-ring (bicyclic) bond motifs is 3. The number of allylic oxidation sites excluding steroid dienone is 2. The summed E-state index contributed by atoms with van der Waals surface area (Å²) in [6, 6.07) is 6.98. The van der Waals surface area contributed by atoms with Gasteiger partial charge in [0.05, 0.1) is 14.2 Å². The number of methoxy groups -OCH3 is 2. The number of hydrogen-bond donors (Lipinski definition) is 0. The van der Waals surface area contributed by atoms with Gasteiger partial charge in [0, 0.05) is 22.6 Å². The van der Waals surface area contributed by atoms with E-state index in [1.807, 2.05) is 6.07 Å². The maximum absolute atomic E-state index is 12.1. The van der Waals surface area contributed by atoms with Crippen molar-refractivity contribution >= 4 is 22.3 Å². The van der Waals surface area contributed by atoms with Crippen molar-refractivity contribution in [2.24, 2.45) is 0 Å². The molecule has 1 aliphatic rings. The lowest BCUT2D eigenvalue weighted by atomic mass is 9.89. The Bertz CT molecular complexity index is 772. The Balaban J connectivity index is 2.44. The van der Waals surface area contributed by atoms with Crippen LogP contribution in [0.4, 0.5) is 0 Å². The second-order valence-electron chi connectivity index (χ2n) is 4.48. The first-order valence-corrected chi connectivity index (χ1v) is 6.11. The van der Waals surface area contributed by atoms with Gasteiger partial charge < -0.3 is 9.47 Å². The minimum absolute atomic E-state index is 0.167. The first-order valence-electron chi connectivity index (χ1n) is 6.11. The molecule has 20 heavy (non-hydrogen) atoms. The molecule has 0 unspecified atom stereocenters. The molecule has 0 bridgehead atoms. The van der Waals surface area contributed by atoms with Crippen LogP contribution in [0.5, 0.6) is 11.5 Å². The topological polar surface area (TPSA) is 52.6 Å². The van der Waals surface area contributed by atoms with E-state index in [0.717, 1.165) is 5.39 Å². The minimum Gasteiger partial charge on any atom is -0.497 e. The molecule has 0 atom stereocenters. The lowest BCUT2D eigenvalue weighted by Gasteiger charge is -2.15. The molecule has 100 valence electrons. The summed E-state index contributed by atoms with van der Waals surface area (Å²) in [5.41, 5.74) is 0.808. The fourth-order valence-electron chi connectivity index (χ4n) is 2.47. The summed E-state index contributed by atoms with van der Waals surface area (Å²) < 4.78 is 10.6. The van der Waals surface area contributed by atoms with Gasteiger partial charge in [-0.05, 0) is 29.7 Å². The van der Waals surface area contributed by atoms with Gasteiger partial charge in [0.25, 0.3) is 0 Å². The lowest BCUT2D eigenvalue weighted by Crippen LogP contribution is -2.12. The molecule has 2 aromatic carbocycles. The molecule has 1 aliphatic carbocycles. The van der Waals surface area contributed by atoms with E-state index in [4.69, 9.17) is 9.47 Å². The summed E-state index contributed by atoms with van der Waals surface area (Å²) >= 11 is 0. The molecule has 4 heteroatoms. The molecule has 0 spiro atoms. The Kier molecular flexibility index (Phi) is 2.79. The smallest absolute Gasteiger partial charge is 0.187 e. The highest BCUT2D eigenvalue weighted by molar-refractivity contribution is 6.27. The number of rotatable bonds is 2. The Morgan fingerprint density at radius 2 is 1.65 bits per heavy atom.